The van der Waals surface area contributed by atoms with Gasteiger partial charge in [0.25, 0.3) is 5.56 Å². The lowest BCUT2D eigenvalue weighted by molar-refractivity contribution is -0.200. The van der Waals surface area contributed by atoms with Crippen molar-refractivity contribution in [2.75, 3.05) is 31.2 Å². The highest BCUT2D eigenvalue weighted by molar-refractivity contribution is 5.80. The van der Waals surface area contributed by atoms with E-state index in [0.29, 0.717) is 42.2 Å². The van der Waals surface area contributed by atoms with Gasteiger partial charge in [-0.05, 0) is 63.1 Å². The minimum atomic E-state index is -0.338. The maximum Gasteiger partial charge on any atom is 0.277 e. The standard InChI is InChI=1S/C29H40N6O5/c1-4-8-22-26-27(34(3)32-22)29(37)31-28(30-26)21-18-20(10-11-23(21)38-5-2)35-14-12-19(13-15-35)17-24(36)33-40-25-9-6-7-16-39-25/h10-11,18-19,25H,4-9,12-17H2,1-3H3,(H,33,36)(H,30,31,37). The summed E-state index contributed by atoms with van der Waals surface area (Å²) in [6, 6.07) is 6.03. The number of carbonyl (C=O) groups excluding carboxylic acids is 1. The maximum absolute atomic E-state index is 13.1. The molecule has 11 heteroatoms. The number of piperidine rings is 1. The average molecular weight is 553 g/mol. The molecule has 11 nitrogen and oxygen atoms in total. The Kier molecular flexibility index (Phi) is 9.01. The van der Waals surface area contributed by atoms with Crippen molar-refractivity contribution in [1.82, 2.24) is 25.2 Å². The summed E-state index contributed by atoms with van der Waals surface area (Å²) >= 11 is 0. The average Bonchev–Trinajstić information content (AvgIpc) is 3.28. The first-order valence-corrected chi connectivity index (χ1v) is 14.5. The number of hydroxylamine groups is 1. The van der Waals surface area contributed by atoms with Gasteiger partial charge in [-0.1, -0.05) is 13.3 Å². The summed E-state index contributed by atoms with van der Waals surface area (Å²) in [5.41, 5.74) is 6.07. The molecule has 3 aromatic rings. The fourth-order valence-electron chi connectivity index (χ4n) is 5.60. The van der Waals surface area contributed by atoms with Gasteiger partial charge in [-0.3, -0.25) is 14.3 Å². The molecule has 2 aliphatic rings. The van der Waals surface area contributed by atoms with E-state index >= 15 is 0 Å². The summed E-state index contributed by atoms with van der Waals surface area (Å²) in [5.74, 6) is 1.33. The van der Waals surface area contributed by atoms with Crippen molar-refractivity contribution < 1.29 is 19.1 Å². The van der Waals surface area contributed by atoms with Crippen LogP contribution >= 0.6 is 0 Å². The number of aromatic nitrogens is 4. The molecule has 1 amide bonds. The summed E-state index contributed by atoms with van der Waals surface area (Å²) in [6.45, 7) is 6.84. The van der Waals surface area contributed by atoms with Crippen LogP contribution in [0.25, 0.3) is 22.4 Å². The maximum atomic E-state index is 13.1. The van der Waals surface area contributed by atoms with Crippen molar-refractivity contribution in [3.05, 3.63) is 34.2 Å². The molecule has 0 bridgehead atoms. The zero-order chi connectivity index (χ0) is 28.1. The molecule has 1 aromatic carbocycles. The number of hydrogen-bond donors (Lipinski definition) is 2. The fraction of sp³-hybridized carbons (Fsp3) is 0.586. The van der Waals surface area contributed by atoms with E-state index in [0.717, 1.165) is 75.0 Å². The minimum absolute atomic E-state index is 0.0979. The van der Waals surface area contributed by atoms with Gasteiger partial charge in [0.15, 0.2) is 11.8 Å². The second-order valence-corrected chi connectivity index (χ2v) is 10.6. The van der Waals surface area contributed by atoms with Crippen molar-refractivity contribution in [2.45, 2.75) is 71.5 Å². The number of ether oxygens (including phenoxy) is 2. The Morgan fingerprint density at radius 1 is 1.20 bits per heavy atom. The molecule has 1 atom stereocenters. The molecular formula is C29H40N6O5. The van der Waals surface area contributed by atoms with Crippen molar-refractivity contribution in [1.29, 1.82) is 0 Å². The van der Waals surface area contributed by atoms with Crippen LogP contribution in [-0.4, -0.2) is 58.2 Å². The monoisotopic (exact) mass is 552 g/mol. The number of carbonyl (C=O) groups is 1. The van der Waals surface area contributed by atoms with Gasteiger partial charge in [-0.2, -0.15) is 5.10 Å². The molecule has 2 fully saturated rings. The molecule has 4 heterocycles. The van der Waals surface area contributed by atoms with Crippen molar-refractivity contribution in [3.63, 3.8) is 0 Å². The van der Waals surface area contributed by atoms with Crippen LogP contribution in [0.5, 0.6) is 5.75 Å². The summed E-state index contributed by atoms with van der Waals surface area (Å²) in [5, 5.41) is 4.54. The van der Waals surface area contributed by atoms with E-state index in [1.807, 2.05) is 25.1 Å². The second-order valence-electron chi connectivity index (χ2n) is 10.6. The summed E-state index contributed by atoms with van der Waals surface area (Å²) in [4.78, 5) is 41.1. The third-order valence-electron chi connectivity index (χ3n) is 7.66. The number of anilines is 1. The van der Waals surface area contributed by atoms with E-state index in [9.17, 15) is 9.59 Å². The Hall–Kier alpha value is -3.44. The van der Waals surface area contributed by atoms with Crippen LogP contribution in [0, 0.1) is 5.92 Å². The minimum Gasteiger partial charge on any atom is -0.493 e. The molecule has 2 N–H and O–H groups in total. The van der Waals surface area contributed by atoms with Crippen LogP contribution in [0.1, 0.15) is 64.5 Å². The lowest BCUT2D eigenvalue weighted by Gasteiger charge is -2.34. The number of fused-ring (bicyclic) bond motifs is 1. The van der Waals surface area contributed by atoms with E-state index in [2.05, 4.69) is 27.4 Å². The van der Waals surface area contributed by atoms with Gasteiger partial charge in [-0.15, -0.1) is 0 Å². The topological polar surface area (TPSA) is 124 Å². The Morgan fingerprint density at radius 2 is 2.02 bits per heavy atom. The Morgan fingerprint density at radius 3 is 2.75 bits per heavy atom. The lowest BCUT2D eigenvalue weighted by Crippen LogP contribution is -2.37. The predicted molar refractivity (Wildman–Crippen MR) is 152 cm³/mol. The molecule has 1 unspecified atom stereocenters. The first kappa shape index (κ1) is 28.1. The SMILES string of the molecule is CCCc1nn(C)c2c(=O)[nH]c(-c3cc(N4CCC(CC(=O)NOC5CCCCO5)CC4)ccc3OCC)nc12. The zero-order valence-corrected chi connectivity index (χ0v) is 23.7. The second kappa shape index (κ2) is 12.8. The highest BCUT2D eigenvalue weighted by Crippen LogP contribution is 2.34. The highest BCUT2D eigenvalue weighted by atomic mass is 16.8. The van der Waals surface area contributed by atoms with Crippen LogP contribution < -0.4 is 20.7 Å². The number of nitrogens with one attached hydrogen (secondary N) is 2. The summed E-state index contributed by atoms with van der Waals surface area (Å²) in [6.07, 6.45) is 6.45. The van der Waals surface area contributed by atoms with Crippen LogP contribution in [0.2, 0.25) is 0 Å². The first-order valence-electron chi connectivity index (χ1n) is 14.5. The van der Waals surface area contributed by atoms with Crippen LogP contribution in [0.15, 0.2) is 23.0 Å². The smallest absolute Gasteiger partial charge is 0.277 e. The number of H-pyrrole nitrogens is 1. The third kappa shape index (κ3) is 6.31. The molecule has 0 radical (unpaired) electrons. The zero-order valence-electron chi connectivity index (χ0n) is 23.7. The molecule has 5 rings (SSSR count). The molecule has 2 saturated heterocycles. The number of amides is 1. The number of benzene rings is 1. The third-order valence-corrected chi connectivity index (χ3v) is 7.66. The molecule has 0 spiro atoms. The molecule has 216 valence electrons. The quantitative estimate of drug-likeness (QED) is 0.364. The molecule has 40 heavy (non-hydrogen) atoms. The molecule has 2 aromatic heterocycles. The normalized spacial score (nSPS) is 18.3. The largest absolute Gasteiger partial charge is 0.493 e. The molecular weight excluding hydrogens is 512 g/mol. The van der Waals surface area contributed by atoms with E-state index in [-0.39, 0.29) is 23.7 Å². The van der Waals surface area contributed by atoms with Gasteiger partial charge in [-0.25, -0.2) is 15.3 Å². The van der Waals surface area contributed by atoms with Gasteiger partial charge in [0.05, 0.1) is 17.9 Å². The number of rotatable bonds is 10. The molecule has 0 saturated carbocycles. The van der Waals surface area contributed by atoms with Crippen molar-refractivity contribution >= 4 is 22.6 Å². The van der Waals surface area contributed by atoms with E-state index in [4.69, 9.17) is 19.3 Å². The van der Waals surface area contributed by atoms with Crippen LogP contribution in [-0.2, 0) is 27.8 Å². The van der Waals surface area contributed by atoms with Crippen LogP contribution in [0.4, 0.5) is 5.69 Å². The van der Waals surface area contributed by atoms with Gasteiger partial charge in [0.1, 0.15) is 17.1 Å². The fourth-order valence-corrected chi connectivity index (χ4v) is 5.60. The Balaban J connectivity index is 1.29. The summed E-state index contributed by atoms with van der Waals surface area (Å²) < 4.78 is 13.0. The Bertz CT molecular complexity index is 1370. The molecule has 0 aliphatic carbocycles. The Labute approximate surface area is 234 Å². The number of hydrogen-bond acceptors (Lipinski definition) is 8. The number of nitrogens with zero attached hydrogens (tertiary/aromatic N) is 4. The van der Waals surface area contributed by atoms with Gasteiger partial charge < -0.3 is 19.4 Å². The first-order chi connectivity index (χ1) is 19.5. The van der Waals surface area contributed by atoms with Gasteiger partial charge >= 0.3 is 0 Å². The number of aromatic amines is 1. The van der Waals surface area contributed by atoms with Gasteiger partial charge in [0.2, 0.25) is 5.91 Å². The lowest BCUT2D eigenvalue weighted by atomic mass is 9.93. The summed E-state index contributed by atoms with van der Waals surface area (Å²) in [7, 11) is 1.77. The van der Waals surface area contributed by atoms with Crippen molar-refractivity contribution in [3.8, 4) is 17.1 Å². The van der Waals surface area contributed by atoms with E-state index < -0.39 is 0 Å². The van der Waals surface area contributed by atoms with Crippen molar-refractivity contribution in [2.24, 2.45) is 13.0 Å². The van der Waals surface area contributed by atoms with Crippen LogP contribution in [0.3, 0.4) is 0 Å². The van der Waals surface area contributed by atoms with E-state index in [1.165, 1.54) is 0 Å². The van der Waals surface area contributed by atoms with Gasteiger partial charge in [0, 0.05) is 45.3 Å². The van der Waals surface area contributed by atoms with E-state index in [1.54, 1.807) is 11.7 Å². The predicted octanol–water partition coefficient (Wildman–Crippen LogP) is 3.86. The molecule has 2 aliphatic heterocycles. The number of aryl methyl sites for hydroxylation is 2. The highest BCUT2D eigenvalue weighted by Gasteiger charge is 2.24.